The van der Waals surface area contributed by atoms with Crippen molar-refractivity contribution in [2.45, 2.75) is 30.9 Å². The van der Waals surface area contributed by atoms with Crippen LogP contribution >= 0.6 is 11.8 Å². The largest absolute Gasteiger partial charge is 0.468 e. The standard InChI is InChI=1S/C16H18N2O3S/c1-10-15(7-8-21-10)22-11(2)16(20)18-14-6-4-5-13(9-14)17-12(3)19/h4-9,11H,1-3H3,(H,17,19)(H,18,20)/t11-/m0/s1. The molecule has 22 heavy (non-hydrogen) atoms. The van der Waals surface area contributed by atoms with E-state index in [9.17, 15) is 9.59 Å². The smallest absolute Gasteiger partial charge is 0.237 e. The summed E-state index contributed by atoms with van der Waals surface area (Å²) in [6.07, 6.45) is 1.61. The Morgan fingerprint density at radius 3 is 2.45 bits per heavy atom. The number of hydrogen-bond acceptors (Lipinski definition) is 4. The second-order valence-electron chi connectivity index (χ2n) is 4.85. The number of carbonyl (C=O) groups excluding carboxylic acids is 2. The maximum absolute atomic E-state index is 12.2. The van der Waals surface area contributed by atoms with Gasteiger partial charge < -0.3 is 15.1 Å². The summed E-state index contributed by atoms with van der Waals surface area (Å²) < 4.78 is 5.22. The fourth-order valence-corrected chi connectivity index (χ4v) is 2.76. The van der Waals surface area contributed by atoms with Crippen LogP contribution in [0.15, 0.2) is 45.9 Å². The van der Waals surface area contributed by atoms with Crippen molar-refractivity contribution >= 4 is 35.0 Å². The summed E-state index contributed by atoms with van der Waals surface area (Å²) in [6, 6.07) is 8.90. The molecule has 2 rings (SSSR count). The van der Waals surface area contributed by atoms with Crippen molar-refractivity contribution in [3.63, 3.8) is 0 Å². The Kier molecular flexibility index (Phi) is 5.27. The summed E-state index contributed by atoms with van der Waals surface area (Å²) in [6.45, 7) is 5.14. The predicted octanol–water partition coefficient (Wildman–Crippen LogP) is 3.67. The average molecular weight is 318 g/mol. The lowest BCUT2D eigenvalue weighted by atomic mass is 10.2. The second kappa shape index (κ2) is 7.17. The van der Waals surface area contributed by atoms with Gasteiger partial charge >= 0.3 is 0 Å². The Bertz CT molecular complexity index is 682. The van der Waals surface area contributed by atoms with E-state index in [-0.39, 0.29) is 17.1 Å². The molecule has 0 fully saturated rings. The number of furan rings is 1. The lowest BCUT2D eigenvalue weighted by Crippen LogP contribution is -2.22. The lowest BCUT2D eigenvalue weighted by Gasteiger charge is -2.12. The van der Waals surface area contributed by atoms with Gasteiger partial charge in [0.2, 0.25) is 11.8 Å². The van der Waals surface area contributed by atoms with Crippen molar-refractivity contribution in [3.05, 3.63) is 42.4 Å². The van der Waals surface area contributed by atoms with E-state index in [4.69, 9.17) is 4.42 Å². The van der Waals surface area contributed by atoms with Crippen molar-refractivity contribution in [1.82, 2.24) is 0 Å². The summed E-state index contributed by atoms with van der Waals surface area (Å²) in [5, 5.41) is 5.27. The summed E-state index contributed by atoms with van der Waals surface area (Å²) in [5.41, 5.74) is 1.30. The van der Waals surface area contributed by atoms with Gasteiger partial charge in [0.05, 0.1) is 11.5 Å². The summed E-state index contributed by atoms with van der Waals surface area (Å²) >= 11 is 1.44. The van der Waals surface area contributed by atoms with Crippen LogP contribution in [-0.2, 0) is 9.59 Å². The van der Waals surface area contributed by atoms with Crippen molar-refractivity contribution in [3.8, 4) is 0 Å². The van der Waals surface area contributed by atoms with Gasteiger partial charge in [0.15, 0.2) is 0 Å². The van der Waals surface area contributed by atoms with Gasteiger partial charge in [0, 0.05) is 23.2 Å². The number of rotatable bonds is 5. The quantitative estimate of drug-likeness (QED) is 0.825. The van der Waals surface area contributed by atoms with Gasteiger partial charge in [-0.15, -0.1) is 11.8 Å². The molecule has 0 radical (unpaired) electrons. The second-order valence-corrected chi connectivity index (χ2v) is 6.23. The molecule has 0 aliphatic rings. The van der Waals surface area contributed by atoms with Crippen LogP contribution in [0.2, 0.25) is 0 Å². The minimum atomic E-state index is -0.263. The first-order valence-corrected chi connectivity index (χ1v) is 7.73. The van der Waals surface area contributed by atoms with Crippen LogP contribution in [0.25, 0.3) is 0 Å². The molecule has 2 N–H and O–H groups in total. The van der Waals surface area contributed by atoms with Crippen molar-refractivity contribution < 1.29 is 14.0 Å². The van der Waals surface area contributed by atoms with Crippen LogP contribution in [0, 0.1) is 6.92 Å². The molecule has 6 heteroatoms. The van der Waals surface area contributed by atoms with Crippen molar-refractivity contribution in [1.29, 1.82) is 0 Å². The van der Waals surface area contributed by atoms with Crippen LogP contribution in [0.3, 0.4) is 0 Å². The van der Waals surface area contributed by atoms with E-state index in [1.807, 2.05) is 19.9 Å². The van der Waals surface area contributed by atoms with E-state index in [0.717, 1.165) is 10.7 Å². The minimum absolute atomic E-state index is 0.106. The van der Waals surface area contributed by atoms with Crippen molar-refractivity contribution in [2.24, 2.45) is 0 Å². The maximum Gasteiger partial charge on any atom is 0.237 e. The molecule has 0 unspecified atom stereocenters. The first-order chi connectivity index (χ1) is 10.5. The third-order valence-corrected chi connectivity index (χ3v) is 4.18. The van der Waals surface area contributed by atoms with Gasteiger partial charge in [-0.05, 0) is 38.1 Å². The summed E-state index contributed by atoms with van der Waals surface area (Å²) in [5.74, 6) is 0.547. The molecule has 0 saturated carbocycles. The van der Waals surface area contributed by atoms with E-state index in [0.29, 0.717) is 11.4 Å². The highest BCUT2D eigenvalue weighted by Crippen LogP contribution is 2.28. The van der Waals surface area contributed by atoms with Gasteiger partial charge in [-0.3, -0.25) is 9.59 Å². The molecule has 2 amide bonds. The van der Waals surface area contributed by atoms with Crippen LogP contribution in [0.1, 0.15) is 19.6 Å². The van der Waals surface area contributed by atoms with E-state index >= 15 is 0 Å². The number of nitrogens with one attached hydrogen (secondary N) is 2. The van der Waals surface area contributed by atoms with Gasteiger partial charge in [-0.2, -0.15) is 0 Å². The number of aryl methyl sites for hydroxylation is 1. The first kappa shape index (κ1) is 16.2. The summed E-state index contributed by atoms with van der Waals surface area (Å²) in [4.78, 5) is 24.2. The molecule has 1 aromatic heterocycles. The predicted molar refractivity (Wildman–Crippen MR) is 88.1 cm³/mol. The summed E-state index contributed by atoms with van der Waals surface area (Å²) in [7, 11) is 0. The number of thioether (sulfide) groups is 1. The number of anilines is 2. The molecule has 1 heterocycles. The lowest BCUT2D eigenvalue weighted by molar-refractivity contribution is -0.115. The number of benzene rings is 1. The molecule has 0 aliphatic carbocycles. The SMILES string of the molecule is CC(=O)Nc1cccc(NC(=O)[C@H](C)Sc2ccoc2C)c1. The molecule has 0 spiro atoms. The fourth-order valence-electron chi connectivity index (χ4n) is 1.86. The van der Waals surface area contributed by atoms with Crippen LogP contribution in [-0.4, -0.2) is 17.1 Å². The Morgan fingerprint density at radius 2 is 1.86 bits per heavy atom. The first-order valence-electron chi connectivity index (χ1n) is 6.85. The van der Waals surface area contributed by atoms with Crippen LogP contribution in [0.5, 0.6) is 0 Å². The highest BCUT2D eigenvalue weighted by Gasteiger charge is 2.16. The zero-order valence-electron chi connectivity index (χ0n) is 12.7. The normalized spacial score (nSPS) is 11.8. The van der Waals surface area contributed by atoms with E-state index in [2.05, 4.69) is 10.6 Å². The molecule has 1 aromatic carbocycles. The fraction of sp³-hybridized carbons (Fsp3) is 0.250. The number of carbonyl (C=O) groups is 2. The Hall–Kier alpha value is -2.21. The third kappa shape index (κ3) is 4.39. The minimum Gasteiger partial charge on any atom is -0.468 e. The molecule has 0 saturated heterocycles. The molecule has 116 valence electrons. The molecule has 5 nitrogen and oxygen atoms in total. The topological polar surface area (TPSA) is 71.3 Å². The van der Waals surface area contributed by atoms with Gasteiger partial charge in [-0.1, -0.05) is 6.07 Å². The number of amides is 2. The molecular weight excluding hydrogens is 300 g/mol. The van der Waals surface area contributed by atoms with E-state index in [1.54, 1.807) is 30.5 Å². The molecular formula is C16H18N2O3S. The maximum atomic E-state index is 12.2. The van der Waals surface area contributed by atoms with Gasteiger partial charge in [-0.25, -0.2) is 0 Å². The molecule has 1 atom stereocenters. The van der Waals surface area contributed by atoms with Crippen molar-refractivity contribution in [2.75, 3.05) is 10.6 Å². The van der Waals surface area contributed by atoms with Gasteiger partial charge in [0.25, 0.3) is 0 Å². The van der Waals surface area contributed by atoms with E-state index < -0.39 is 0 Å². The monoisotopic (exact) mass is 318 g/mol. The van der Waals surface area contributed by atoms with Gasteiger partial charge in [0.1, 0.15) is 5.76 Å². The zero-order chi connectivity index (χ0) is 16.1. The highest BCUT2D eigenvalue weighted by atomic mass is 32.2. The van der Waals surface area contributed by atoms with Crippen LogP contribution < -0.4 is 10.6 Å². The van der Waals surface area contributed by atoms with Crippen LogP contribution in [0.4, 0.5) is 11.4 Å². The molecule has 0 aliphatic heterocycles. The molecule has 0 bridgehead atoms. The Balaban J connectivity index is 1.99. The Labute approximate surface area is 133 Å². The number of hydrogen-bond donors (Lipinski definition) is 2. The average Bonchev–Trinajstić information content (AvgIpc) is 2.84. The third-order valence-electron chi connectivity index (χ3n) is 2.93. The van der Waals surface area contributed by atoms with E-state index in [1.165, 1.54) is 18.7 Å². The molecule has 2 aromatic rings. The Morgan fingerprint density at radius 1 is 1.18 bits per heavy atom. The zero-order valence-corrected chi connectivity index (χ0v) is 13.5. The highest BCUT2D eigenvalue weighted by molar-refractivity contribution is 8.00.